The molecule has 2 rings (SSSR count). The standard InChI is InChI=1S/C14H21NO3/c1-17-12-6-4-8-15(10-12)9-11-5-3-7-13(18-2)14(11)16/h3,5,7,12,16H,4,6,8-10H2,1-2H3. The number of likely N-dealkylation sites (tertiary alicyclic amines) is 1. The summed E-state index contributed by atoms with van der Waals surface area (Å²) in [6.45, 7) is 2.71. The van der Waals surface area contributed by atoms with E-state index >= 15 is 0 Å². The Kier molecular flexibility index (Phi) is 4.44. The highest BCUT2D eigenvalue weighted by Crippen LogP contribution is 2.30. The minimum absolute atomic E-state index is 0.250. The van der Waals surface area contributed by atoms with E-state index < -0.39 is 0 Å². The number of phenols is 1. The normalized spacial score (nSPS) is 20.9. The molecule has 0 amide bonds. The molecule has 0 saturated carbocycles. The molecule has 4 heteroatoms. The minimum atomic E-state index is 0.250. The summed E-state index contributed by atoms with van der Waals surface area (Å²) in [5, 5.41) is 10.1. The zero-order chi connectivity index (χ0) is 13.0. The van der Waals surface area contributed by atoms with E-state index in [1.807, 2.05) is 12.1 Å². The molecule has 1 saturated heterocycles. The molecule has 1 atom stereocenters. The lowest BCUT2D eigenvalue weighted by molar-refractivity contribution is 0.0283. The highest BCUT2D eigenvalue weighted by Gasteiger charge is 2.20. The van der Waals surface area contributed by atoms with E-state index in [0.29, 0.717) is 11.9 Å². The van der Waals surface area contributed by atoms with Gasteiger partial charge in [-0.2, -0.15) is 0 Å². The largest absolute Gasteiger partial charge is 0.504 e. The molecule has 1 aliphatic heterocycles. The van der Waals surface area contributed by atoms with E-state index in [-0.39, 0.29) is 5.75 Å². The van der Waals surface area contributed by atoms with Crippen molar-refractivity contribution in [3.05, 3.63) is 23.8 Å². The van der Waals surface area contributed by atoms with Crippen molar-refractivity contribution in [2.75, 3.05) is 27.3 Å². The van der Waals surface area contributed by atoms with Crippen LogP contribution in [-0.2, 0) is 11.3 Å². The molecule has 0 aromatic heterocycles. The topological polar surface area (TPSA) is 41.9 Å². The Morgan fingerprint density at radius 1 is 1.39 bits per heavy atom. The monoisotopic (exact) mass is 251 g/mol. The molecule has 0 spiro atoms. The number of rotatable bonds is 4. The summed E-state index contributed by atoms with van der Waals surface area (Å²) in [4.78, 5) is 2.31. The van der Waals surface area contributed by atoms with Crippen molar-refractivity contribution in [1.29, 1.82) is 0 Å². The van der Waals surface area contributed by atoms with Gasteiger partial charge in [-0.15, -0.1) is 0 Å². The summed E-state index contributed by atoms with van der Waals surface area (Å²) >= 11 is 0. The number of nitrogens with zero attached hydrogens (tertiary/aromatic N) is 1. The molecule has 1 aromatic carbocycles. The maximum Gasteiger partial charge on any atom is 0.162 e. The first-order chi connectivity index (χ1) is 8.74. The van der Waals surface area contributed by atoms with E-state index in [0.717, 1.165) is 38.0 Å². The summed E-state index contributed by atoms with van der Waals surface area (Å²) in [7, 11) is 3.33. The molecule has 1 fully saturated rings. The number of aromatic hydroxyl groups is 1. The second-order valence-electron chi connectivity index (χ2n) is 4.70. The third-order valence-electron chi connectivity index (χ3n) is 3.49. The fraction of sp³-hybridized carbons (Fsp3) is 0.571. The molecule has 100 valence electrons. The Labute approximate surface area is 108 Å². The average Bonchev–Trinajstić information content (AvgIpc) is 2.41. The van der Waals surface area contributed by atoms with Crippen molar-refractivity contribution in [1.82, 2.24) is 4.90 Å². The van der Waals surface area contributed by atoms with Gasteiger partial charge in [0.25, 0.3) is 0 Å². The lowest BCUT2D eigenvalue weighted by Gasteiger charge is -2.32. The van der Waals surface area contributed by atoms with Crippen molar-refractivity contribution < 1.29 is 14.6 Å². The number of piperidine rings is 1. The van der Waals surface area contributed by atoms with Gasteiger partial charge in [0, 0.05) is 25.8 Å². The molecule has 0 bridgehead atoms. The van der Waals surface area contributed by atoms with Crippen LogP contribution >= 0.6 is 0 Å². The van der Waals surface area contributed by atoms with Crippen LogP contribution in [0.4, 0.5) is 0 Å². The van der Waals surface area contributed by atoms with Crippen molar-refractivity contribution in [2.24, 2.45) is 0 Å². The maximum atomic E-state index is 10.1. The first-order valence-electron chi connectivity index (χ1n) is 6.34. The molecular formula is C14H21NO3. The number of methoxy groups -OCH3 is 2. The first-order valence-corrected chi connectivity index (χ1v) is 6.34. The van der Waals surface area contributed by atoms with Crippen LogP contribution in [0.2, 0.25) is 0 Å². The molecule has 0 aliphatic carbocycles. The van der Waals surface area contributed by atoms with Gasteiger partial charge in [0.1, 0.15) is 0 Å². The molecular weight excluding hydrogens is 230 g/mol. The fourth-order valence-electron chi connectivity index (χ4n) is 2.45. The zero-order valence-corrected chi connectivity index (χ0v) is 11.1. The Morgan fingerprint density at radius 3 is 2.94 bits per heavy atom. The molecule has 0 radical (unpaired) electrons. The Hall–Kier alpha value is -1.26. The van der Waals surface area contributed by atoms with E-state index in [1.54, 1.807) is 20.3 Å². The van der Waals surface area contributed by atoms with Crippen molar-refractivity contribution in [3.63, 3.8) is 0 Å². The SMILES string of the molecule is COc1cccc(CN2CCCC(OC)C2)c1O. The predicted molar refractivity (Wildman–Crippen MR) is 70.0 cm³/mol. The number of hydrogen-bond acceptors (Lipinski definition) is 4. The summed E-state index contributed by atoms with van der Waals surface area (Å²) in [6.07, 6.45) is 2.58. The molecule has 1 unspecified atom stereocenters. The van der Waals surface area contributed by atoms with Crippen LogP contribution in [0, 0.1) is 0 Å². The average molecular weight is 251 g/mol. The van der Waals surface area contributed by atoms with Gasteiger partial charge in [-0.3, -0.25) is 4.90 Å². The Balaban J connectivity index is 2.04. The van der Waals surface area contributed by atoms with Crippen molar-refractivity contribution in [2.45, 2.75) is 25.5 Å². The number of phenolic OH excluding ortho intramolecular Hbond substituents is 1. The van der Waals surface area contributed by atoms with E-state index in [4.69, 9.17) is 9.47 Å². The Bertz CT molecular complexity index is 395. The second kappa shape index (κ2) is 6.07. The number of benzene rings is 1. The van der Waals surface area contributed by atoms with Crippen LogP contribution in [0.15, 0.2) is 18.2 Å². The summed E-state index contributed by atoms with van der Waals surface area (Å²) < 4.78 is 10.5. The van der Waals surface area contributed by atoms with E-state index in [9.17, 15) is 5.11 Å². The summed E-state index contributed by atoms with van der Waals surface area (Å²) in [5.41, 5.74) is 0.908. The summed E-state index contributed by atoms with van der Waals surface area (Å²) in [5.74, 6) is 0.785. The van der Waals surface area contributed by atoms with Crippen LogP contribution in [0.5, 0.6) is 11.5 Å². The third-order valence-corrected chi connectivity index (χ3v) is 3.49. The molecule has 1 aromatic rings. The zero-order valence-electron chi connectivity index (χ0n) is 11.1. The predicted octanol–water partition coefficient (Wildman–Crippen LogP) is 2.01. The van der Waals surface area contributed by atoms with Gasteiger partial charge < -0.3 is 14.6 Å². The van der Waals surface area contributed by atoms with Crippen LogP contribution in [-0.4, -0.2) is 43.4 Å². The van der Waals surface area contributed by atoms with Crippen molar-refractivity contribution >= 4 is 0 Å². The number of para-hydroxylation sites is 1. The molecule has 4 nitrogen and oxygen atoms in total. The first kappa shape index (κ1) is 13.2. The fourth-order valence-corrected chi connectivity index (χ4v) is 2.45. The highest BCUT2D eigenvalue weighted by molar-refractivity contribution is 5.45. The third kappa shape index (κ3) is 2.94. The molecule has 18 heavy (non-hydrogen) atoms. The molecule has 1 aliphatic rings. The van der Waals surface area contributed by atoms with Gasteiger partial charge in [-0.05, 0) is 25.5 Å². The van der Waals surface area contributed by atoms with E-state index in [2.05, 4.69) is 4.90 Å². The maximum absolute atomic E-state index is 10.1. The Morgan fingerprint density at radius 2 is 2.22 bits per heavy atom. The van der Waals surface area contributed by atoms with Crippen LogP contribution in [0.25, 0.3) is 0 Å². The smallest absolute Gasteiger partial charge is 0.162 e. The van der Waals surface area contributed by atoms with Crippen LogP contribution in [0.1, 0.15) is 18.4 Å². The lowest BCUT2D eigenvalue weighted by Crippen LogP contribution is -2.38. The quantitative estimate of drug-likeness (QED) is 0.889. The van der Waals surface area contributed by atoms with Gasteiger partial charge in [-0.1, -0.05) is 12.1 Å². The second-order valence-corrected chi connectivity index (χ2v) is 4.70. The van der Waals surface area contributed by atoms with Gasteiger partial charge in [-0.25, -0.2) is 0 Å². The minimum Gasteiger partial charge on any atom is -0.504 e. The van der Waals surface area contributed by atoms with Gasteiger partial charge in [0.05, 0.1) is 13.2 Å². The van der Waals surface area contributed by atoms with Crippen LogP contribution < -0.4 is 4.74 Å². The van der Waals surface area contributed by atoms with Gasteiger partial charge >= 0.3 is 0 Å². The number of ether oxygens (including phenoxy) is 2. The molecule has 1 heterocycles. The lowest BCUT2D eigenvalue weighted by atomic mass is 10.1. The summed E-state index contributed by atoms with van der Waals surface area (Å²) in [6, 6.07) is 5.62. The number of hydrogen-bond donors (Lipinski definition) is 1. The van der Waals surface area contributed by atoms with Crippen LogP contribution in [0.3, 0.4) is 0 Å². The van der Waals surface area contributed by atoms with E-state index in [1.165, 1.54) is 0 Å². The highest BCUT2D eigenvalue weighted by atomic mass is 16.5. The van der Waals surface area contributed by atoms with Gasteiger partial charge in [0.15, 0.2) is 11.5 Å². The van der Waals surface area contributed by atoms with Gasteiger partial charge in [0.2, 0.25) is 0 Å². The molecule has 1 N–H and O–H groups in total. The van der Waals surface area contributed by atoms with Crippen molar-refractivity contribution in [3.8, 4) is 11.5 Å².